The molecule has 102 valence electrons. The van der Waals surface area contributed by atoms with Gasteiger partial charge in [-0.2, -0.15) is 0 Å². The van der Waals surface area contributed by atoms with E-state index in [0.29, 0.717) is 18.5 Å². The van der Waals surface area contributed by atoms with Crippen LogP contribution in [0.15, 0.2) is 6.07 Å². The Morgan fingerprint density at radius 1 is 1.28 bits per heavy atom. The molecule has 1 aromatic carbocycles. The second-order valence-corrected chi connectivity index (χ2v) is 5.04. The van der Waals surface area contributed by atoms with Gasteiger partial charge in [-0.25, -0.2) is 0 Å². The molecule has 0 aliphatic heterocycles. The van der Waals surface area contributed by atoms with Crippen LogP contribution in [0.2, 0.25) is 0 Å². The molecule has 0 aliphatic carbocycles. The van der Waals surface area contributed by atoms with Crippen LogP contribution in [0.25, 0.3) is 0 Å². The Morgan fingerprint density at radius 3 is 2.33 bits per heavy atom. The predicted octanol–water partition coefficient (Wildman–Crippen LogP) is 2.48. The van der Waals surface area contributed by atoms with Crippen molar-refractivity contribution in [2.45, 2.75) is 33.7 Å². The van der Waals surface area contributed by atoms with Gasteiger partial charge >= 0.3 is 0 Å². The van der Waals surface area contributed by atoms with Crippen LogP contribution < -0.4 is 15.8 Å². The van der Waals surface area contributed by atoms with Crippen molar-refractivity contribution in [2.75, 3.05) is 20.7 Å². The van der Waals surface area contributed by atoms with Crippen molar-refractivity contribution in [3.63, 3.8) is 0 Å². The van der Waals surface area contributed by atoms with Gasteiger partial charge in [0.15, 0.2) is 0 Å². The van der Waals surface area contributed by atoms with E-state index >= 15 is 0 Å². The van der Waals surface area contributed by atoms with Crippen molar-refractivity contribution in [3.05, 3.63) is 28.3 Å². The van der Waals surface area contributed by atoms with Crippen LogP contribution in [-0.4, -0.2) is 20.7 Å². The first-order valence-corrected chi connectivity index (χ1v) is 6.49. The smallest absolute Gasteiger partial charge is 0.122 e. The summed E-state index contributed by atoms with van der Waals surface area (Å²) in [6.07, 6.45) is 0. The fourth-order valence-corrected chi connectivity index (χ4v) is 2.61. The fourth-order valence-electron chi connectivity index (χ4n) is 2.61. The third-order valence-electron chi connectivity index (χ3n) is 3.89. The van der Waals surface area contributed by atoms with Crippen molar-refractivity contribution in [1.29, 1.82) is 0 Å². The highest BCUT2D eigenvalue weighted by atomic mass is 16.5. The van der Waals surface area contributed by atoms with Gasteiger partial charge in [-0.05, 0) is 68.6 Å². The molecule has 0 saturated heterocycles. The standard InChI is InChI=1S/C15H26N2O/c1-9-7-13(18-6)11(3)12(4)14(9)15(17-5)10(2)8-16/h7,10,15,17H,8,16H2,1-6H3. The minimum Gasteiger partial charge on any atom is -0.496 e. The lowest BCUT2D eigenvalue weighted by molar-refractivity contribution is 0.403. The quantitative estimate of drug-likeness (QED) is 0.844. The first-order valence-electron chi connectivity index (χ1n) is 6.49. The van der Waals surface area contributed by atoms with Gasteiger partial charge in [0.2, 0.25) is 0 Å². The Morgan fingerprint density at radius 2 is 1.89 bits per heavy atom. The largest absolute Gasteiger partial charge is 0.496 e. The molecule has 0 spiro atoms. The molecule has 0 saturated carbocycles. The highest BCUT2D eigenvalue weighted by Gasteiger charge is 2.22. The van der Waals surface area contributed by atoms with E-state index in [9.17, 15) is 0 Å². The summed E-state index contributed by atoms with van der Waals surface area (Å²) in [4.78, 5) is 0. The molecule has 1 rings (SSSR count). The van der Waals surface area contributed by atoms with Crippen LogP contribution in [0.3, 0.4) is 0 Å². The Balaban J connectivity index is 3.35. The zero-order valence-electron chi connectivity index (χ0n) is 12.4. The molecule has 0 amide bonds. The summed E-state index contributed by atoms with van der Waals surface area (Å²) in [5.74, 6) is 1.36. The molecule has 3 heteroatoms. The Labute approximate surface area is 111 Å². The van der Waals surface area contributed by atoms with Crippen LogP contribution in [0.5, 0.6) is 5.75 Å². The number of aryl methyl sites for hydroxylation is 1. The summed E-state index contributed by atoms with van der Waals surface area (Å²) in [7, 11) is 3.72. The van der Waals surface area contributed by atoms with Crippen molar-refractivity contribution in [1.82, 2.24) is 5.32 Å². The van der Waals surface area contributed by atoms with Crippen LogP contribution in [0.4, 0.5) is 0 Å². The molecule has 3 nitrogen and oxygen atoms in total. The second kappa shape index (κ2) is 6.21. The summed E-state index contributed by atoms with van der Waals surface area (Å²) in [6.45, 7) is 9.26. The van der Waals surface area contributed by atoms with Crippen molar-refractivity contribution < 1.29 is 4.74 Å². The van der Waals surface area contributed by atoms with Gasteiger partial charge in [0.05, 0.1) is 7.11 Å². The van der Waals surface area contributed by atoms with Crippen LogP contribution in [-0.2, 0) is 0 Å². The SMILES string of the molecule is CNC(c1c(C)cc(OC)c(C)c1C)C(C)CN. The topological polar surface area (TPSA) is 47.3 Å². The molecular weight excluding hydrogens is 224 g/mol. The molecule has 0 heterocycles. The average Bonchev–Trinajstić information content (AvgIpc) is 2.37. The summed E-state index contributed by atoms with van der Waals surface area (Å²) >= 11 is 0. The molecule has 0 aromatic heterocycles. The number of nitrogens with two attached hydrogens (primary N) is 1. The zero-order valence-corrected chi connectivity index (χ0v) is 12.4. The molecule has 0 aliphatic rings. The lowest BCUT2D eigenvalue weighted by atomic mass is 9.86. The number of ether oxygens (including phenoxy) is 1. The van der Waals surface area contributed by atoms with E-state index in [2.05, 4.69) is 39.1 Å². The van der Waals surface area contributed by atoms with Gasteiger partial charge in [0, 0.05) is 6.04 Å². The van der Waals surface area contributed by atoms with Crippen LogP contribution in [0, 0.1) is 26.7 Å². The Kier molecular flexibility index (Phi) is 5.17. The normalized spacial score (nSPS) is 14.4. The van der Waals surface area contributed by atoms with Gasteiger partial charge < -0.3 is 15.8 Å². The number of methoxy groups -OCH3 is 1. The summed E-state index contributed by atoms with van der Waals surface area (Å²) in [5.41, 5.74) is 10.9. The summed E-state index contributed by atoms with van der Waals surface area (Å²) < 4.78 is 5.42. The van der Waals surface area contributed by atoms with Crippen molar-refractivity contribution >= 4 is 0 Å². The van der Waals surface area contributed by atoms with Gasteiger partial charge in [-0.1, -0.05) is 6.92 Å². The van der Waals surface area contributed by atoms with Gasteiger partial charge in [0.1, 0.15) is 5.75 Å². The summed E-state index contributed by atoms with van der Waals surface area (Å²) in [6, 6.07) is 2.41. The highest BCUT2D eigenvalue weighted by molar-refractivity contribution is 5.49. The number of nitrogens with one attached hydrogen (secondary N) is 1. The molecular formula is C15H26N2O. The van der Waals surface area contributed by atoms with Gasteiger partial charge in [-0.15, -0.1) is 0 Å². The first-order chi connectivity index (χ1) is 8.47. The van der Waals surface area contributed by atoms with Gasteiger partial charge in [0.25, 0.3) is 0 Å². The average molecular weight is 250 g/mol. The Bertz CT molecular complexity index is 415. The predicted molar refractivity (Wildman–Crippen MR) is 77.2 cm³/mol. The van der Waals surface area contributed by atoms with Gasteiger partial charge in [-0.3, -0.25) is 0 Å². The lowest BCUT2D eigenvalue weighted by Crippen LogP contribution is -2.30. The van der Waals surface area contributed by atoms with E-state index in [4.69, 9.17) is 10.5 Å². The molecule has 0 fully saturated rings. The van der Waals surface area contributed by atoms with E-state index in [0.717, 1.165) is 5.75 Å². The zero-order chi connectivity index (χ0) is 13.9. The number of hydrogen-bond acceptors (Lipinski definition) is 3. The maximum Gasteiger partial charge on any atom is 0.122 e. The monoisotopic (exact) mass is 250 g/mol. The summed E-state index contributed by atoms with van der Waals surface area (Å²) in [5, 5.41) is 3.39. The third-order valence-corrected chi connectivity index (χ3v) is 3.89. The van der Waals surface area contributed by atoms with Crippen LogP contribution >= 0.6 is 0 Å². The lowest BCUT2D eigenvalue weighted by Gasteiger charge is -2.27. The minimum absolute atomic E-state index is 0.291. The van der Waals surface area contributed by atoms with Crippen molar-refractivity contribution in [2.24, 2.45) is 11.7 Å². The molecule has 0 bridgehead atoms. The molecule has 18 heavy (non-hydrogen) atoms. The maximum atomic E-state index is 5.82. The second-order valence-electron chi connectivity index (χ2n) is 5.04. The third kappa shape index (κ3) is 2.68. The molecule has 1 aromatic rings. The van der Waals surface area contributed by atoms with Crippen molar-refractivity contribution in [3.8, 4) is 5.75 Å². The fraction of sp³-hybridized carbons (Fsp3) is 0.600. The van der Waals surface area contributed by atoms with Crippen LogP contribution in [0.1, 0.15) is 35.2 Å². The molecule has 0 radical (unpaired) electrons. The molecule has 3 N–H and O–H groups in total. The van der Waals surface area contributed by atoms with E-state index in [1.807, 2.05) is 7.05 Å². The Hall–Kier alpha value is -1.06. The minimum atomic E-state index is 0.291. The number of benzene rings is 1. The van der Waals surface area contributed by atoms with E-state index in [1.54, 1.807) is 7.11 Å². The highest BCUT2D eigenvalue weighted by Crippen LogP contribution is 2.33. The maximum absolute atomic E-state index is 5.82. The molecule has 2 atom stereocenters. The molecule has 2 unspecified atom stereocenters. The van der Waals surface area contributed by atoms with E-state index in [-0.39, 0.29) is 0 Å². The van der Waals surface area contributed by atoms with E-state index in [1.165, 1.54) is 22.3 Å². The van der Waals surface area contributed by atoms with E-state index < -0.39 is 0 Å². The first kappa shape index (κ1) is 15.0. The number of hydrogen-bond donors (Lipinski definition) is 2. The number of rotatable bonds is 5.